The summed E-state index contributed by atoms with van der Waals surface area (Å²) < 4.78 is 18.6. The highest BCUT2D eigenvalue weighted by molar-refractivity contribution is 8.00. The van der Waals surface area contributed by atoms with E-state index in [1.54, 1.807) is 24.3 Å². The first kappa shape index (κ1) is 17.6. The first-order valence-electron chi connectivity index (χ1n) is 7.00. The van der Waals surface area contributed by atoms with Gasteiger partial charge in [-0.3, -0.25) is 4.79 Å². The lowest BCUT2D eigenvalue weighted by Crippen LogP contribution is -2.28. The molecule has 0 aliphatic heterocycles. The van der Waals surface area contributed by atoms with E-state index in [1.807, 2.05) is 19.1 Å². The maximum atomic E-state index is 13.7. The Kier molecular flexibility index (Phi) is 6.30. The largest absolute Gasteiger partial charge is 0.494 e. The molecule has 1 amide bonds. The number of thioether (sulfide) groups is 1. The Morgan fingerprint density at radius 3 is 2.61 bits per heavy atom. The Balaban J connectivity index is 1.89. The van der Waals surface area contributed by atoms with Gasteiger partial charge in [0.1, 0.15) is 0 Å². The first-order valence-corrected chi connectivity index (χ1v) is 8.37. The molecular weight excluding hydrogens is 337 g/mol. The summed E-state index contributed by atoms with van der Waals surface area (Å²) in [5, 5.41) is 3.51. The highest BCUT2D eigenvalue weighted by atomic mass is 35.5. The molecule has 2 rings (SSSR count). The molecule has 0 aliphatic rings. The third-order valence-corrected chi connectivity index (χ3v) is 4.50. The second-order valence-corrected chi connectivity index (χ2v) is 6.41. The van der Waals surface area contributed by atoms with Crippen molar-refractivity contribution in [3.63, 3.8) is 0 Å². The van der Waals surface area contributed by atoms with Crippen molar-refractivity contribution in [2.24, 2.45) is 0 Å². The van der Waals surface area contributed by atoms with Gasteiger partial charge < -0.3 is 10.1 Å². The molecular formula is C17H17ClFNO2S. The molecule has 1 atom stereocenters. The predicted molar refractivity (Wildman–Crippen MR) is 91.7 cm³/mol. The Morgan fingerprint density at radius 1 is 1.30 bits per heavy atom. The SMILES string of the molecule is COc1ccc(C(C)NC(=O)CSc2ccc(Cl)cc2)cc1F. The van der Waals surface area contributed by atoms with E-state index < -0.39 is 5.82 Å². The molecule has 0 radical (unpaired) electrons. The van der Waals surface area contributed by atoms with Gasteiger partial charge in [-0.25, -0.2) is 4.39 Å². The van der Waals surface area contributed by atoms with Gasteiger partial charge in [-0.2, -0.15) is 0 Å². The van der Waals surface area contributed by atoms with Crippen LogP contribution in [0.2, 0.25) is 5.02 Å². The Labute approximate surface area is 144 Å². The van der Waals surface area contributed by atoms with E-state index in [1.165, 1.54) is 24.9 Å². The normalized spacial score (nSPS) is 11.8. The van der Waals surface area contributed by atoms with Crippen molar-refractivity contribution in [3.05, 3.63) is 58.9 Å². The second kappa shape index (κ2) is 8.22. The number of carbonyl (C=O) groups excluding carboxylic acids is 1. The second-order valence-electron chi connectivity index (χ2n) is 4.93. The zero-order valence-electron chi connectivity index (χ0n) is 12.8. The lowest BCUT2D eigenvalue weighted by atomic mass is 10.1. The molecule has 0 heterocycles. The van der Waals surface area contributed by atoms with Crippen molar-refractivity contribution in [1.29, 1.82) is 0 Å². The summed E-state index contributed by atoms with van der Waals surface area (Å²) in [6.07, 6.45) is 0. The number of hydrogen-bond acceptors (Lipinski definition) is 3. The zero-order valence-corrected chi connectivity index (χ0v) is 14.4. The van der Waals surface area contributed by atoms with Crippen LogP contribution in [0, 0.1) is 5.82 Å². The summed E-state index contributed by atoms with van der Waals surface area (Å²) in [4.78, 5) is 13.0. The van der Waals surface area contributed by atoms with E-state index >= 15 is 0 Å². The summed E-state index contributed by atoms with van der Waals surface area (Å²) >= 11 is 7.24. The fourth-order valence-electron chi connectivity index (χ4n) is 2.00. The quantitative estimate of drug-likeness (QED) is 0.779. The van der Waals surface area contributed by atoms with E-state index in [-0.39, 0.29) is 23.5 Å². The molecule has 0 saturated heterocycles. The fourth-order valence-corrected chi connectivity index (χ4v) is 2.83. The minimum absolute atomic E-state index is 0.117. The minimum atomic E-state index is -0.443. The van der Waals surface area contributed by atoms with Crippen molar-refractivity contribution < 1.29 is 13.9 Å². The third kappa shape index (κ3) is 5.15. The number of ether oxygens (including phenoxy) is 1. The van der Waals surface area contributed by atoms with Crippen molar-refractivity contribution in [2.75, 3.05) is 12.9 Å². The smallest absolute Gasteiger partial charge is 0.230 e. The number of carbonyl (C=O) groups is 1. The molecule has 0 fully saturated rings. The number of nitrogens with one attached hydrogen (secondary N) is 1. The number of rotatable bonds is 6. The van der Waals surface area contributed by atoms with Crippen LogP contribution in [-0.4, -0.2) is 18.8 Å². The first-order chi connectivity index (χ1) is 11.0. The molecule has 0 bridgehead atoms. The highest BCUT2D eigenvalue weighted by Crippen LogP contribution is 2.23. The van der Waals surface area contributed by atoms with Gasteiger partial charge in [0.25, 0.3) is 0 Å². The van der Waals surface area contributed by atoms with Gasteiger partial charge in [-0.15, -0.1) is 11.8 Å². The summed E-state index contributed by atoms with van der Waals surface area (Å²) in [5.41, 5.74) is 0.688. The summed E-state index contributed by atoms with van der Waals surface area (Å²) in [6.45, 7) is 1.81. The average Bonchev–Trinajstić information content (AvgIpc) is 2.54. The van der Waals surface area contributed by atoms with Crippen LogP contribution in [0.4, 0.5) is 4.39 Å². The summed E-state index contributed by atoms with van der Waals surface area (Å²) in [7, 11) is 1.41. The van der Waals surface area contributed by atoms with Crippen LogP contribution in [0.3, 0.4) is 0 Å². The Bertz CT molecular complexity index is 679. The molecule has 1 unspecified atom stereocenters. The number of amides is 1. The molecule has 0 saturated carbocycles. The summed E-state index contributed by atoms with van der Waals surface area (Å²) in [5.74, 6) is -0.0918. The maximum absolute atomic E-state index is 13.7. The molecule has 0 aliphatic carbocycles. The highest BCUT2D eigenvalue weighted by Gasteiger charge is 2.12. The Hall–Kier alpha value is -1.72. The molecule has 3 nitrogen and oxygen atoms in total. The van der Waals surface area contributed by atoms with Gasteiger partial charge in [-0.05, 0) is 48.9 Å². The van der Waals surface area contributed by atoms with Gasteiger partial charge in [-0.1, -0.05) is 17.7 Å². The van der Waals surface area contributed by atoms with Crippen LogP contribution < -0.4 is 10.1 Å². The molecule has 0 spiro atoms. The molecule has 23 heavy (non-hydrogen) atoms. The standard InChI is InChI=1S/C17H17ClFNO2S/c1-11(12-3-8-16(22-2)15(19)9-12)20-17(21)10-23-14-6-4-13(18)5-7-14/h3-9,11H,10H2,1-2H3,(H,20,21). The van der Waals surface area contributed by atoms with Crippen LogP contribution in [0.1, 0.15) is 18.5 Å². The van der Waals surface area contributed by atoms with E-state index in [9.17, 15) is 9.18 Å². The van der Waals surface area contributed by atoms with Gasteiger partial charge in [0, 0.05) is 9.92 Å². The number of halogens is 2. The average molecular weight is 354 g/mol. The topological polar surface area (TPSA) is 38.3 Å². The van der Waals surface area contributed by atoms with Gasteiger partial charge >= 0.3 is 0 Å². The molecule has 0 aromatic heterocycles. The van der Waals surface area contributed by atoms with Gasteiger partial charge in [0.05, 0.1) is 18.9 Å². The van der Waals surface area contributed by atoms with Crippen molar-refractivity contribution in [2.45, 2.75) is 17.9 Å². The summed E-state index contributed by atoms with van der Waals surface area (Å²) in [6, 6.07) is 11.7. The third-order valence-electron chi connectivity index (χ3n) is 3.24. The molecule has 122 valence electrons. The van der Waals surface area contributed by atoms with Gasteiger partial charge in [0.15, 0.2) is 11.6 Å². The van der Waals surface area contributed by atoms with E-state index in [0.717, 1.165) is 4.90 Å². The van der Waals surface area contributed by atoms with E-state index in [0.29, 0.717) is 10.6 Å². The van der Waals surface area contributed by atoms with Crippen LogP contribution in [0.5, 0.6) is 5.75 Å². The fraction of sp³-hybridized carbons (Fsp3) is 0.235. The zero-order chi connectivity index (χ0) is 16.8. The van der Waals surface area contributed by atoms with E-state index in [4.69, 9.17) is 16.3 Å². The van der Waals surface area contributed by atoms with Crippen LogP contribution in [0.15, 0.2) is 47.4 Å². The van der Waals surface area contributed by atoms with Crippen LogP contribution in [0.25, 0.3) is 0 Å². The van der Waals surface area contributed by atoms with Crippen molar-refractivity contribution in [3.8, 4) is 5.75 Å². The number of benzene rings is 2. The molecule has 6 heteroatoms. The minimum Gasteiger partial charge on any atom is -0.494 e. The van der Waals surface area contributed by atoms with Crippen LogP contribution >= 0.6 is 23.4 Å². The van der Waals surface area contributed by atoms with E-state index in [2.05, 4.69) is 5.32 Å². The van der Waals surface area contributed by atoms with Crippen molar-refractivity contribution in [1.82, 2.24) is 5.32 Å². The molecule has 1 N–H and O–H groups in total. The van der Waals surface area contributed by atoms with Crippen molar-refractivity contribution >= 4 is 29.3 Å². The number of methoxy groups -OCH3 is 1. The molecule has 2 aromatic carbocycles. The monoisotopic (exact) mass is 353 g/mol. The lowest BCUT2D eigenvalue weighted by molar-refractivity contribution is -0.119. The number of hydrogen-bond donors (Lipinski definition) is 1. The molecule has 2 aromatic rings. The predicted octanol–water partition coefficient (Wildman–Crippen LogP) is 4.46. The Morgan fingerprint density at radius 2 is 2.00 bits per heavy atom. The maximum Gasteiger partial charge on any atom is 0.230 e. The lowest BCUT2D eigenvalue weighted by Gasteiger charge is -2.15. The van der Waals surface area contributed by atoms with Gasteiger partial charge in [0.2, 0.25) is 5.91 Å². The van der Waals surface area contributed by atoms with Crippen LogP contribution in [-0.2, 0) is 4.79 Å².